The maximum atomic E-state index is 5.07. The predicted octanol–water partition coefficient (Wildman–Crippen LogP) is 13.0. The molecule has 0 aliphatic heterocycles. The molecule has 55 heavy (non-hydrogen) atoms. The van der Waals surface area contributed by atoms with E-state index < -0.39 is 0 Å². The van der Waals surface area contributed by atoms with E-state index in [1.807, 2.05) is 60.7 Å². The van der Waals surface area contributed by atoms with Crippen LogP contribution < -0.4 is 0 Å². The number of hydrogen-bond acceptors (Lipinski definition) is 3. The van der Waals surface area contributed by atoms with Crippen molar-refractivity contribution in [3.05, 3.63) is 206 Å². The summed E-state index contributed by atoms with van der Waals surface area (Å²) < 4.78 is 2.41. The molecule has 10 rings (SSSR count). The fourth-order valence-electron chi connectivity index (χ4n) is 7.60. The van der Waals surface area contributed by atoms with E-state index >= 15 is 0 Å². The molecule has 4 heteroatoms. The van der Waals surface area contributed by atoms with Gasteiger partial charge in [0.15, 0.2) is 17.5 Å². The van der Waals surface area contributed by atoms with Crippen LogP contribution >= 0.6 is 0 Å². The molecule has 4 nitrogen and oxygen atoms in total. The molecule has 0 amide bonds. The third-order valence-corrected chi connectivity index (χ3v) is 10.2. The molecule has 0 spiro atoms. The van der Waals surface area contributed by atoms with Crippen molar-refractivity contribution in [2.45, 2.75) is 0 Å². The lowest BCUT2D eigenvalue weighted by molar-refractivity contribution is 1.07. The summed E-state index contributed by atoms with van der Waals surface area (Å²) in [5.74, 6) is 1.91. The highest BCUT2D eigenvalue weighted by molar-refractivity contribution is 6.18. The van der Waals surface area contributed by atoms with Gasteiger partial charge in [0.2, 0.25) is 0 Å². The molecule has 0 unspecified atom stereocenters. The van der Waals surface area contributed by atoms with Crippen molar-refractivity contribution in [1.29, 1.82) is 0 Å². The molecule has 0 saturated carbocycles. The summed E-state index contributed by atoms with van der Waals surface area (Å²) in [6.07, 6.45) is 0. The number of rotatable bonds is 7. The number of benzene rings is 8. The van der Waals surface area contributed by atoms with E-state index in [2.05, 4.69) is 150 Å². The maximum Gasteiger partial charge on any atom is 0.164 e. The van der Waals surface area contributed by atoms with Crippen LogP contribution in [-0.2, 0) is 0 Å². The van der Waals surface area contributed by atoms with E-state index in [1.165, 1.54) is 21.9 Å². The average Bonchev–Trinajstić information content (AvgIpc) is 3.61. The second-order valence-corrected chi connectivity index (χ2v) is 13.7. The van der Waals surface area contributed by atoms with Crippen LogP contribution in [0.1, 0.15) is 0 Å². The summed E-state index contributed by atoms with van der Waals surface area (Å²) in [7, 11) is 0. The molecule has 0 atom stereocenters. The van der Waals surface area contributed by atoms with Crippen molar-refractivity contribution in [3.63, 3.8) is 0 Å². The van der Waals surface area contributed by atoms with Crippen LogP contribution in [-0.4, -0.2) is 19.5 Å². The Balaban J connectivity index is 1.25. The third-order valence-electron chi connectivity index (χ3n) is 10.2. The highest BCUT2D eigenvalue weighted by Gasteiger charge is 2.20. The molecule has 10 aromatic rings. The Hall–Kier alpha value is -7.43. The molecular formula is C51H34N4. The molecule has 0 saturated heterocycles. The van der Waals surface area contributed by atoms with E-state index in [9.17, 15) is 0 Å². The van der Waals surface area contributed by atoms with Gasteiger partial charge in [0.25, 0.3) is 0 Å². The summed E-state index contributed by atoms with van der Waals surface area (Å²) in [6.45, 7) is 0. The van der Waals surface area contributed by atoms with Crippen LogP contribution in [0, 0.1) is 0 Å². The van der Waals surface area contributed by atoms with E-state index in [0.29, 0.717) is 17.5 Å². The zero-order valence-electron chi connectivity index (χ0n) is 29.9. The molecule has 8 aromatic carbocycles. The molecule has 0 N–H and O–H groups in total. The fourth-order valence-corrected chi connectivity index (χ4v) is 7.60. The quantitative estimate of drug-likeness (QED) is 0.166. The van der Waals surface area contributed by atoms with Crippen LogP contribution in [0.2, 0.25) is 0 Å². The molecule has 258 valence electrons. The Morgan fingerprint density at radius 2 is 0.764 bits per heavy atom. The van der Waals surface area contributed by atoms with Crippen LogP contribution in [0.15, 0.2) is 206 Å². The minimum absolute atomic E-state index is 0.628. The van der Waals surface area contributed by atoms with E-state index in [1.54, 1.807) is 0 Å². The lowest BCUT2D eigenvalue weighted by atomic mass is 9.93. The van der Waals surface area contributed by atoms with Gasteiger partial charge in [-0.05, 0) is 75.8 Å². The molecule has 0 fully saturated rings. The number of para-hydroxylation sites is 1. The maximum absolute atomic E-state index is 5.07. The van der Waals surface area contributed by atoms with Crippen LogP contribution in [0.4, 0.5) is 0 Å². The van der Waals surface area contributed by atoms with Crippen LogP contribution in [0.3, 0.4) is 0 Å². The third kappa shape index (κ3) is 6.06. The standard InChI is InChI=1S/C51H34N4/c1-6-17-35(18-7-1)39-29-30-46-45(32-39)48-44(33-42(36-19-8-2-9-20-36)34-47(48)55(46)43-27-14-5-15-28-43)40-25-16-26-41(31-40)51-53-49(37-21-10-3-11-22-37)52-50(54-51)38-23-12-4-13-24-38/h1-34H. The van der Waals surface area contributed by atoms with E-state index in [0.717, 1.165) is 55.7 Å². The van der Waals surface area contributed by atoms with Crippen molar-refractivity contribution in [3.8, 4) is 73.2 Å². The van der Waals surface area contributed by atoms with Crippen molar-refractivity contribution >= 4 is 21.8 Å². The largest absolute Gasteiger partial charge is 0.309 e. The Morgan fingerprint density at radius 1 is 0.291 bits per heavy atom. The van der Waals surface area contributed by atoms with Gasteiger partial charge in [0.1, 0.15) is 0 Å². The molecule has 0 radical (unpaired) electrons. The molecule has 0 bridgehead atoms. The Kier molecular flexibility index (Phi) is 8.12. The molecule has 2 aromatic heterocycles. The first-order chi connectivity index (χ1) is 27.3. The monoisotopic (exact) mass is 702 g/mol. The minimum Gasteiger partial charge on any atom is -0.309 e. The lowest BCUT2D eigenvalue weighted by Crippen LogP contribution is -2.00. The van der Waals surface area contributed by atoms with Gasteiger partial charge in [-0.2, -0.15) is 0 Å². The van der Waals surface area contributed by atoms with E-state index in [4.69, 9.17) is 15.0 Å². The molecular weight excluding hydrogens is 669 g/mol. The number of hydrogen-bond donors (Lipinski definition) is 0. The summed E-state index contributed by atoms with van der Waals surface area (Å²) in [6, 6.07) is 72.4. The van der Waals surface area contributed by atoms with Gasteiger partial charge in [0.05, 0.1) is 11.0 Å². The van der Waals surface area contributed by atoms with Gasteiger partial charge in [-0.3, -0.25) is 0 Å². The van der Waals surface area contributed by atoms with Crippen molar-refractivity contribution < 1.29 is 0 Å². The Labute approximate surface area is 319 Å². The molecule has 2 heterocycles. The Morgan fingerprint density at radius 3 is 1.35 bits per heavy atom. The second-order valence-electron chi connectivity index (χ2n) is 13.7. The number of nitrogens with zero attached hydrogens (tertiary/aromatic N) is 4. The van der Waals surface area contributed by atoms with Gasteiger partial charge >= 0.3 is 0 Å². The summed E-state index contributed by atoms with van der Waals surface area (Å²) in [4.78, 5) is 15.1. The van der Waals surface area contributed by atoms with Crippen LogP contribution in [0.25, 0.3) is 95.0 Å². The topological polar surface area (TPSA) is 43.6 Å². The Bertz CT molecular complexity index is 2880. The number of fused-ring (bicyclic) bond motifs is 3. The molecule has 0 aliphatic rings. The highest BCUT2D eigenvalue weighted by Crippen LogP contribution is 2.43. The van der Waals surface area contributed by atoms with Crippen molar-refractivity contribution in [2.75, 3.05) is 0 Å². The average molecular weight is 703 g/mol. The summed E-state index contributed by atoms with van der Waals surface area (Å²) >= 11 is 0. The van der Waals surface area contributed by atoms with Crippen molar-refractivity contribution in [2.24, 2.45) is 0 Å². The van der Waals surface area contributed by atoms with Gasteiger partial charge in [-0.1, -0.05) is 164 Å². The van der Waals surface area contributed by atoms with Gasteiger partial charge in [-0.25, -0.2) is 15.0 Å². The normalized spacial score (nSPS) is 11.3. The first kappa shape index (κ1) is 32.2. The minimum atomic E-state index is 0.628. The smallest absolute Gasteiger partial charge is 0.164 e. The summed E-state index contributed by atoms with van der Waals surface area (Å²) in [5.41, 5.74) is 13.1. The SMILES string of the molecule is c1ccc(-c2ccc3c(c2)c2c(-c4cccc(-c5nc(-c6ccccc6)nc(-c6ccccc6)n5)c4)cc(-c4ccccc4)cc2n3-c2ccccc2)cc1. The highest BCUT2D eigenvalue weighted by atomic mass is 15.0. The second kappa shape index (κ2) is 13.8. The predicted molar refractivity (Wildman–Crippen MR) is 227 cm³/mol. The zero-order chi connectivity index (χ0) is 36.6. The zero-order valence-corrected chi connectivity index (χ0v) is 29.9. The van der Waals surface area contributed by atoms with E-state index in [-0.39, 0.29) is 0 Å². The van der Waals surface area contributed by atoms with Crippen molar-refractivity contribution in [1.82, 2.24) is 19.5 Å². The van der Waals surface area contributed by atoms with Gasteiger partial charge < -0.3 is 4.57 Å². The fraction of sp³-hybridized carbons (Fsp3) is 0. The number of aromatic nitrogens is 4. The van der Waals surface area contributed by atoms with Gasteiger partial charge in [-0.15, -0.1) is 0 Å². The summed E-state index contributed by atoms with van der Waals surface area (Å²) in [5, 5.41) is 2.39. The van der Waals surface area contributed by atoms with Crippen LogP contribution in [0.5, 0.6) is 0 Å². The first-order valence-corrected chi connectivity index (χ1v) is 18.5. The molecule has 0 aliphatic carbocycles. The first-order valence-electron chi connectivity index (χ1n) is 18.5. The lowest BCUT2D eigenvalue weighted by Gasteiger charge is -2.13. The van der Waals surface area contributed by atoms with Gasteiger partial charge in [0, 0.05) is 33.2 Å².